The molecule has 0 aliphatic carbocycles. The van der Waals surface area contributed by atoms with Crippen molar-refractivity contribution < 1.29 is 0 Å². The monoisotopic (exact) mass is 432 g/mol. The number of rotatable bonds is 4. The van der Waals surface area contributed by atoms with Crippen molar-refractivity contribution in [3.8, 4) is 6.07 Å². The molecule has 0 bridgehead atoms. The van der Waals surface area contributed by atoms with Gasteiger partial charge in [0.05, 0.1) is 11.2 Å². The first-order chi connectivity index (χ1) is 13.2. The third-order valence-electron chi connectivity index (χ3n) is 3.92. The number of aromatic nitrogens is 3. The summed E-state index contributed by atoms with van der Waals surface area (Å²) >= 11 is 5.04. The van der Waals surface area contributed by atoms with Crippen molar-refractivity contribution in [1.29, 1.82) is 5.26 Å². The maximum atomic E-state index is 9.69. The predicted octanol–water partition coefficient (Wildman–Crippen LogP) is 5.87. The van der Waals surface area contributed by atoms with E-state index < -0.39 is 0 Å². The fourth-order valence-corrected chi connectivity index (χ4v) is 3.91. The van der Waals surface area contributed by atoms with Gasteiger partial charge in [0.25, 0.3) is 0 Å². The van der Waals surface area contributed by atoms with Crippen LogP contribution in [0.4, 0.5) is 0 Å². The third-order valence-corrected chi connectivity index (χ3v) is 5.36. The Morgan fingerprint density at radius 3 is 2.81 bits per heavy atom. The Labute approximate surface area is 169 Å². The molecular weight excluding hydrogens is 420 g/mol. The van der Waals surface area contributed by atoms with Gasteiger partial charge in [-0.2, -0.15) is 5.26 Å². The van der Waals surface area contributed by atoms with Gasteiger partial charge in [0.2, 0.25) is 0 Å². The summed E-state index contributed by atoms with van der Waals surface area (Å²) in [6.07, 6.45) is 7.22. The number of nitrogens with zero attached hydrogens (tertiary/aromatic N) is 4. The summed E-state index contributed by atoms with van der Waals surface area (Å²) in [4.78, 5) is 9.74. The lowest BCUT2D eigenvalue weighted by atomic mass is 10.2. The number of hydrogen-bond acceptors (Lipinski definition) is 4. The third kappa shape index (κ3) is 3.95. The largest absolute Gasteiger partial charge is 0.308 e. The SMILES string of the molecule is N#C/C(=C/c1cc(Sc2ccccn2)ccn1)n1ccc2cc(Br)ccc21. The Morgan fingerprint density at radius 1 is 1.07 bits per heavy atom. The topological polar surface area (TPSA) is 54.5 Å². The zero-order chi connectivity index (χ0) is 18.6. The molecular formula is C21H13BrN4S. The summed E-state index contributed by atoms with van der Waals surface area (Å²) in [5, 5.41) is 11.7. The Kier molecular flexibility index (Phi) is 5.05. The second-order valence-corrected chi connectivity index (χ2v) is 7.73. The second kappa shape index (κ2) is 7.78. The summed E-state index contributed by atoms with van der Waals surface area (Å²) in [6.45, 7) is 0. The summed E-state index contributed by atoms with van der Waals surface area (Å²) < 4.78 is 2.89. The quantitative estimate of drug-likeness (QED) is 0.378. The van der Waals surface area contributed by atoms with E-state index in [1.54, 1.807) is 30.2 Å². The minimum absolute atomic E-state index is 0.514. The van der Waals surface area contributed by atoms with Gasteiger partial charge in [-0.1, -0.05) is 33.8 Å². The van der Waals surface area contributed by atoms with Crippen molar-refractivity contribution in [2.24, 2.45) is 0 Å². The highest BCUT2D eigenvalue weighted by atomic mass is 79.9. The molecule has 0 spiro atoms. The van der Waals surface area contributed by atoms with Crippen molar-refractivity contribution in [2.75, 3.05) is 0 Å². The van der Waals surface area contributed by atoms with Crippen molar-refractivity contribution in [2.45, 2.75) is 9.92 Å². The van der Waals surface area contributed by atoms with Crippen LogP contribution in [0.3, 0.4) is 0 Å². The van der Waals surface area contributed by atoms with Gasteiger partial charge in [-0.15, -0.1) is 0 Å². The smallest absolute Gasteiger partial charge is 0.126 e. The summed E-state index contributed by atoms with van der Waals surface area (Å²) in [5.41, 5.74) is 2.22. The lowest BCUT2D eigenvalue weighted by Crippen LogP contribution is -1.93. The van der Waals surface area contributed by atoms with Crippen molar-refractivity contribution in [3.63, 3.8) is 0 Å². The molecule has 27 heavy (non-hydrogen) atoms. The number of halogens is 1. The number of allylic oxidation sites excluding steroid dienone is 1. The average Bonchev–Trinajstić information content (AvgIpc) is 3.10. The Hall–Kier alpha value is -2.88. The molecule has 6 heteroatoms. The van der Waals surface area contributed by atoms with E-state index in [9.17, 15) is 5.26 Å². The van der Waals surface area contributed by atoms with Crippen molar-refractivity contribution >= 4 is 50.4 Å². The fourth-order valence-electron chi connectivity index (χ4n) is 2.72. The molecule has 4 nitrogen and oxygen atoms in total. The molecule has 4 rings (SSSR count). The van der Waals surface area contributed by atoms with Gasteiger partial charge >= 0.3 is 0 Å². The highest BCUT2D eigenvalue weighted by molar-refractivity contribution is 9.10. The molecule has 3 heterocycles. The summed E-state index contributed by atoms with van der Waals surface area (Å²) in [7, 11) is 0. The molecule has 0 unspecified atom stereocenters. The lowest BCUT2D eigenvalue weighted by molar-refractivity contribution is 1.13. The van der Waals surface area contributed by atoms with Crippen molar-refractivity contribution in [1.82, 2.24) is 14.5 Å². The number of pyridine rings is 2. The van der Waals surface area contributed by atoms with Gasteiger partial charge in [0, 0.05) is 33.3 Å². The molecule has 0 N–H and O–H groups in total. The molecule has 0 aliphatic heterocycles. The van der Waals surface area contributed by atoms with Crippen LogP contribution in [0.15, 0.2) is 87.6 Å². The molecule has 0 radical (unpaired) electrons. The van der Waals surface area contributed by atoms with E-state index in [1.165, 1.54) is 0 Å². The van der Waals surface area contributed by atoms with E-state index in [4.69, 9.17) is 0 Å². The normalized spacial score (nSPS) is 11.5. The number of nitriles is 1. The first-order valence-electron chi connectivity index (χ1n) is 8.17. The fraction of sp³-hybridized carbons (Fsp3) is 0. The number of hydrogen-bond donors (Lipinski definition) is 0. The van der Waals surface area contributed by atoms with Gasteiger partial charge in [0.15, 0.2) is 0 Å². The number of benzene rings is 1. The van der Waals surface area contributed by atoms with E-state index >= 15 is 0 Å². The minimum atomic E-state index is 0.514. The molecule has 1 aromatic carbocycles. The molecule has 4 aromatic rings. The number of fused-ring (bicyclic) bond motifs is 1. The van der Waals surface area contributed by atoms with Gasteiger partial charge in [-0.05, 0) is 54.6 Å². The van der Waals surface area contributed by atoms with Crippen LogP contribution in [0, 0.1) is 11.3 Å². The van der Waals surface area contributed by atoms with Gasteiger partial charge in [-0.25, -0.2) is 4.98 Å². The van der Waals surface area contributed by atoms with Gasteiger partial charge in [0.1, 0.15) is 16.8 Å². The van der Waals surface area contributed by atoms with Crippen molar-refractivity contribution in [3.05, 3.63) is 83.4 Å². The van der Waals surface area contributed by atoms with Gasteiger partial charge < -0.3 is 4.57 Å². The van der Waals surface area contributed by atoms with E-state index in [-0.39, 0.29) is 0 Å². The maximum absolute atomic E-state index is 9.69. The highest BCUT2D eigenvalue weighted by Gasteiger charge is 2.07. The first-order valence-corrected chi connectivity index (χ1v) is 9.77. The summed E-state index contributed by atoms with van der Waals surface area (Å²) in [5.74, 6) is 0. The molecule has 0 fully saturated rings. The van der Waals surface area contributed by atoms with E-state index in [1.807, 2.05) is 65.4 Å². The lowest BCUT2D eigenvalue weighted by Gasteiger charge is -2.05. The van der Waals surface area contributed by atoms with Crippen LogP contribution < -0.4 is 0 Å². The molecule has 0 saturated carbocycles. The van der Waals surface area contributed by atoms with Crippen LogP contribution in [0.1, 0.15) is 5.69 Å². The zero-order valence-electron chi connectivity index (χ0n) is 14.1. The Bertz CT molecular complexity index is 1180. The van der Waals surface area contributed by atoms with Crippen LogP contribution in [0.5, 0.6) is 0 Å². The molecule has 0 atom stereocenters. The molecule has 0 amide bonds. The van der Waals surface area contributed by atoms with E-state index in [2.05, 4.69) is 32.0 Å². The zero-order valence-corrected chi connectivity index (χ0v) is 16.5. The predicted molar refractivity (Wildman–Crippen MR) is 112 cm³/mol. The molecule has 0 saturated heterocycles. The van der Waals surface area contributed by atoms with E-state index in [0.717, 1.165) is 31.0 Å². The van der Waals surface area contributed by atoms with E-state index in [0.29, 0.717) is 5.70 Å². The Balaban J connectivity index is 1.68. The van der Waals surface area contributed by atoms with Crippen LogP contribution in [-0.2, 0) is 0 Å². The van der Waals surface area contributed by atoms with Crippen LogP contribution in [0.25, 0.3) is 22.7 Å². The highest BCUT2D eigenvalue weighted by Crippen LogP contribution is 2.27. The molecule has 0 aliphatic rings. The minimum Gasteiger partial charge on any atom is -0.308 e. The average molecular weight is 433 g/mol. The summed E-state index contributed by atoms with van der Waals surface area (Å²) in [6, 6.07) is 20.0. The molecule has 130 valence electrons. The Morgan fingerprint density at radius 2 is 2.00 bits per heavy atom. The molecule has 3 aromatic heterocycles. The van der Waals surface area contributed by atoms with Gasteiger partial charge in [-0.3, -0.25) is 4.98 Å². The first kappa shape index (κ1) is 17.5. The van der Waals surface area contributed by atoms with Crippen LogP contribution in [0.2, 0.25) is 0 Å². The van der Waals surface area contributed by atoms with Crippen LogP contribution in [-0.4, -0.2) is 14.5 Å². The second-order valence-electron chi connectivity index (χ2n) is 5.72. The van der Waals surface area contributed by atoms with Crippen LogP contribution >= 0.6 is 27.7 Å². The maximum Gasteiger partial charge on any atom is 0.126 e. The standard InChI is InChI=1S/C21H13BrN4S/c22-16-4-5-20-15(11-16)7-10-26(20)18(14-23)12-17-13-19(6-9-24-17)27-21-3-1-2-8-25-21/h1-13H/b18-12-.